The lowest BCUT2D eigenvalue weighted by Crippen LogP contribution is -2.54. The summed E-state index contributed by atoms with van der Waals surface area (Å²) in [7, 11) is -4.29. The summed E-state index contributed by atoms with van der Waals surface area (Å²) >= 11 is 3.45. The van der Waals surface area contributed by atoms with Crippen molar-refractivity contribution in [3.8, 4) is 0 Å². The van der Waals surface area contributed by atoms with Gasteiger partial charge in [0, 0.05) is 23.5 Å². The normalized spacial score (nSPS) is 14.1. The molecule has 0 radical (unpaired) electrons. The van der Waals surface area contributed by atoms with Gasteiger partial charge in [-0.15, -0.1) is 0 Å². The lowest BCUT2D eigenvalue weighted by molar-refractivity contribution is -0.140. The number of nitrogens with one attached hydrogen (secondary N) is 1. The van der Waals surface area contributed by atoms with Crippen molar-refractivity contribution in [2.24, 2.45) is 0 Å². The second-order valence-electron chi connectivity index (χ2n) is 11.1. The molecule has 1 saturated carbocycles. The van der Waals surface area contributed by atoms with E-state index in [1.54, 1.807) is 30.3 Å². The minimum Gasteiger partial charge on any atom is -0.352 e. The topological polar surface area (TPSA) is 86.8 Å². The molecule has 45 heavy (non-hydrogen) atoms. The van der Waals surface area contributed by atoms with Crippen LogP contribution in [-0.4, -0.2) is 43.8 Å². The molecule has 7 nitrogen and oxygen atoms in total. The number of carbonyl (C=O) groups is 2. The van der Waals surface area contributed by atoms with Crippen LogP contribution in [0.15, 0.2) is 119 Å². The molecule has 2 amide bonds. The first-order chi connectivity index (χ1) is 21.7. The summed E-state index contributed by atoms with van der Waals surface area (Å²) in [6, 6.07) is 28.8. The standard InChI is InChI=1S/C35H35BrFN3O4S/c36-28-17-15-27(16-18-28)24-39(33(23-26-9-3-1-4-10-26)35(42)38-30-11-7-8-12-30)34(41)25-40(31-13-5-2-6-14-31)45(43,44)32-21-19-29(37)20-22-32/h1-6,9-10,13-22,30,33H,7-8,11-12,23-25H2,(H,38,42). The molecule has 1 N–H and O–H groups in total. The Morgan fingerprint density at radius 1 is 0.822 bits per heavy atom. The maximum Gasteiger partial charge on any atom is 0.264 e. The van der Waals surface area contributed by atoms with E-state index in [1.165, 1.54) is 17.0 Å². The summed E-state index contributed by atoms with van der Waals surface area (Å²) in [6.07, 6.45) is 4.06. The molecule has 10 heteroatoms. The summed E-state index contributed by atoms with van der Waals surface area (Å²) in [5.41, 5.74) is 1.93. The third-order valence-corrected chi connectivity index (χ3v) is 10.3. The third kappa shape index (κ3) is 8.38. The van der Waals surface area contributed by atoms with Crippen molar-refractivity contribution in [3.63, 3.8) is 0 Å². The van der Waals surface area contributed by atoms with Crippen molar-refractivity contribution in [2.75, 3.05) is 10.8 Å². The molecule has 1 aliphatic carbocycles. The Labute approximate surface area is 272 Å². The quantitative estimate of drug-likeness (QED) is 0.184. The molecule has 0 spiro atoms. The van der Waals surface area contributed by atoms with Gasteiger partial charge in [0.25, 0.3) is 10.0 Å². The molecular formula is C35H35BrFN3O4S. The summed E-state index contributed by atoms with van der Waals surface area (Å²) < 4.78 is 43.6. The molecule has 234 valence electrons. The zero-order valence-corrected chi connectivity index (χ0v) is 27.1. The molecule has 0 heterocycles. The lowest BCUT2D eigenvalue weighted by atomic mass is 10.0. The highest BCUT2D eigenvalue weighted by Gasteiger charge is 2.35. The largest absolute Gasteiger partial charge is 0.352 e. The Bertz CT molecular complexity index is 1680. The zero-order valence-electron chi connectivity index (χ0n) is 24.7. The van der Waals surface area contributed by atoms with Gasteiger partial charge < -0.3 is 10.2 Å². The van der Waals surface area contributed by atoms with Crippen LogP contribution in [0.4, 0.5) is 10.1 Å². The van der Waals surface area contributed by atoms with Crippen LogP contribution in [0.5, 0.6) is 0 Å². The first-order valence-corrected chi connectivity index (χ1v) is 17.2. The number of anilines is 1. The Kier molecular flexibility index (Phi) is 10.7. The van der Waals surface area contributed by atoms with Crippen LogP contribution in [0, 0.1) is 5.82 Å². The van der Waals surface area contributed by atoms with Crippen molar-refractivity contribution in [1.29, 1.82) is 0 Å². The Morgan fingerprint density at radius 3 is 2.04 bits per heavy atom. The van der Waals surface area contributed by atoms with E-state index in [0.29, 0.717) is 0 Å². The van der Waals surface area contributed by atoms with E-state index in [4.69, 9.17) is 0 Å². The van der Waals surface area contributed by atoms with Crippen LogP contribution in [0.2, 0.25) is 0 Å². The lowest BCUT2D eigenvalue weighted by Gasteiger charge is -2.34. The molecule has 0 saturated heterocycles. The van der Waals surface area contributed by atoms with Gasteiger partial charge in [0.15, 0.2) is 0 Å². The van der Waals surface area contributed by atoms with Crippen LogP contribution in [0.3, 0.4) is 0 Å². The highest BCUT2D eigenvalue weighted by atomic mass is 79.9. The number of rotatable bonds is 12. The van der Waals surface area contributed by atoms with Crippen molar-refractivity contribution in [2.45, 2.75) is 55.6 Å². The average Bonchev–Trinajstić information content (AvgIpc) is 3.56. The van der Waals surface area contributed by atoms with Gasteiger partial charge in [-0.2, -0.15) is 0 Å². The van der Waals surface area contributed by atoms with Crippen LogP contribution >= 0.6 is 15.9 Å². The zero-order chi connectivity index (χ0) is 31.8. The summed E-state index contributed by atoms with van der Waals surface area (Å²) in [6.45, 7) is -0.483. The van der Waals surface area contributed by atoms with Gasteiger partial charge >= 0.3 is 0 Å². The van der Waals surface area contributed by atoms with E-state index in [0.717, 1.165) is 57.7 Å². The van der Waals surface area contributed by atoms with Gasteiger partial charge in [0.2, 0.25) is 11.8 Å². The first kappa shape index (κ1) is 32.4. The Hall–Kier alpha value is -4.02. The van der Waals surface area contributed by atoms with Crippen molar-refractivity contribution in [3.05, 3.63) is 131 Å². The first-order valence-electron chi connectivity index (χ1n) is 14.9. The minimum atomic E-state index is -4.29. The van der Waals surface area contributed by atoms with Gasteiger partial charge in [-0.05, 0) is 72.5 Å². The van der Waals surface area contributed by atoms with E-state index in [1.807, 2.05) is 54.6 Å². The predicted molar refractivity (Wildman–Crippen MR) is 176 cm³/mol. The van der Waals surface area contributed by atoms with Gasteiger partial charge in [0.1, 0.15) is 18.4 Å². The number of carbonyl (C=O) groups excluding carboxylic acids is 2. The monoisotopic (exact) mass is 691 g/mol. The molecule has 1 atom stereocenters. The number of para-hydroxylation sites is 1. The smallest absolute Gasteiger partial charge is 0.264 e. The maximum absolute atomic E-state index is 14.5. The van der Waals surface area contributed by atoms with Crippen molar-refractivity contribution < 1.29 is 22.4 Å². The van der Waals surface area contributed by atoms with Crippen molar-refractivity contribution >= 4 is 43.5 Å². The van der Waals surface area contributed by atoms with E-state index in [-0.39, 0.29) is 35.5 Å². The maximum atomic E-state index is 14.5. The van der Waals surface area contributed by atoms with Crippen molar-refractivity contribution in [1.82, 2.24) is 10.2 Å². The molecule has 1 aliphatic rings. The van der Waals surface area contributed by atoms with Gasteiger partial charge in [-0.1, -0.05) is 89.4 Å². The van der Waals surface area contributed by atoms with Gasteiger partial charge in [-0.3, -0.25) is 13.9 Å². The van der Waals surface area contributed by atoms with Gasteiger partial charge in [0.05, 0.1) is 10.6 Å². The van der Waals surface area contributed by atoms with Gasteiger partial charge in [-0.25, -0.2) is 12.8 Å². The van der Waals surface area contributed by atoms with Crippen LogP contribution in [0.1, 0.15) is 36.8 Å². The highest BCUT2D eigenvalue weighted by Crippen LogP contribution is 2.26. The molecule has 0 aromatic heterocycles. The van der Waals surface area contributed by atoms with Crippen LogP contribution in [0.25, 0.3) is 0 Å². The van der Waals surface area contributed by atoms with Crippen LogP contribution < -0.4 is 9.62 Å². The van der Waals surface area contributed by atoms with E-state index in [9.17, 15) is 22.4 Å². The molecule has 0 bridgehead atoms. The molecular weight excluding hydrogens is 657 g/mol. The molecule has 5 rings (SSSR count). The molecule has 4 aromatic carbocycles. The number of sulfonamides is 1. The average molecular weight is 693 g/mol. The SMILES string of the molecule is O=C(NC1CCCC1)C(Cc1ccccc1)N(Cc1ccc(Br)cc1)C(=O)CN(c1ccccc1)S(=O)(=O)c1ccc(F)cc1. The van der Waals surface area contributed by atoms with E-state index >= 15 is 0 Å². The number of hydrogen-bond acceptors (Lipinski definition) is 4. The fourth-order valence-corrected chi connectivity index (χ4v) is 7.24. The fourth-order valence-electron chi connectivity index (χ4n) is 5.56. The predicted octanol–water partition coefficient (Wildman–Crippen LogP) is 6.48. The number of benzene rings is 4. The second kappa shape index (κ2) is 14.8. The molecule has 4 aromatic rings. The summed E-state index contributed by atoms with van der Waals surface area (Å²) in [4.78, 5) is 29.8. The number of halogens is 2. The third-order valence-electron chi connectivity index (χ3n) is 7.96. The summed E-state index contributed by atoms with van der Waals surface area (Å²) in [5.74, 6) is -1.40. The highest BCUT2D eigenvalue weighted by molar-refractivity contribution is 9.10. The minimum absolute atomic E-state index is 0.0278. The number of hydrogen-bond donors (Lipinski definition) is 1. The van der Waals surface area contributed by atoms with E-state index in [2.05, 4.69) is 21.2 Å². The Morgan fingerprint density at radius 2 is 1.42 bits per heavy atom. The van der Waals surface area contributed by atoms with E-state index < -0.39 is 34.3 Å². The van der Waals surface area contributed by atoms with Crippen LogP contribution in [-0.2, 0) is 32.6 Å². The number of nitrogens with zero attached hydrogens (tertiary/aromatic N) is 2. The molecule has 1 fully saturated rings. The summed E-state index contributed by atoms with van der Waals surface area (Å²) in [5, 5.41) is 3.17. The fraction of sp³-hybridized carbons (Fsp3) is 0.257. The molecule has 0 aliphatic heterocycles. The number of amides is 2. The molecule has 1 unspecified atom stereocenters. The Balaban J connectivity index is 1.54. The second-order valence-corrected chi connectivity index (χ2v) is 13.9.